The fraction of sp³-hybridized carbons (Fsp3) is 0.875. The quantitative estimate of drug-likeness (QED) is 0.221. The molecule has 0 saturated heterocycles. The van der Waals surface area contributed by atoms with E-state index in [1.54, 1.807) is 0 Å². The second kappa shape index (κ2) is 10.6. The Labute approximate surface area is 159 Å². The van der Waals surface area contributed by atoms with Gasteiger partial charge in [-0.1, -0.05) is 51.4 Å². The molecule has 0 heterocycles. The maximum Gasteiger partial charge on any atom is 0.327 e. The molecular weight excluding hydrogens is 392 g/mol. The minimum absolute atomic E-state index is 0.0698. The first-order valence-corrected chi connectivity index (χ1v) is 17.8. The van der Waals surface area contributed by atoms with Crippen LogP contribution >= 0.6 is 0 Å². The third kappa shape index (κ3) is 13.5. The molecule has 0 rings (SSSR count). The summed E-state index contributed by atoms with van der Waals surface area (Å²) in [7, 11) is -7.26. The second-order valence-corrected chi connectivity index (χ2v) is 21.8. The number of ether oxygens (including phenoxy) is 2. The van der Waals surface area contributed by atoms with Crippen LogP contribution in [0.1, 0.15) is 19.3 Å². The molecule has 0 spiro atoms. The summed E-state index contributed by atoms with van der Waals surface area (Å²) in [6.07, 6.45) is 0.582. The third-order valence-electron chi connectivity index (χ3n) is 3.62. The first-order chi connectivity index (χ1) is 11.6. The van der Waals surface area contributed by atoms with Crippen LogP contribution < -0.4 is 0 Å². The highest BCUT2D eigenvalue weighted by atomic mass is 32.2. The Hall–Kier alpha value is -0.716. The van der Waals surface area contributed by atoms with E-state index < -0.39 is 49.9 Å². The van der Waals surface area contributed by atoms with Gasteiger partial charge in [-0.3, -0.25) is 14.1 Å². The molecule has 7 nitrogen and oxygen atoms in total. The second-order valence-electron chi connectivity index (χ2n) is 8.92. The molecular formula is C16H34O7SSi2. The normalized spacial score (nSPS) is 14.0. The summed E-state index contributed by atoms with van der Waals surface area (Å²) in [5.41, 5.74) is 0. The van der Waals surface area contributed by atoms with Crippen LogP contribution in [0.3, 0.4) is 0 Å². The SMILES string of the molecule is C[Si](C)(C)CCCOC(=O)CC(C(=O)OCCC[Si](C)(C)C)S(=O)(=O)O. The van der Waals surface area contributed by atoms with Gasteiger partial charge in [0.2, 0.25) is 0 Å². The topological polar surface area (TPSA) is 107 Å². The fourth-order valence-electron chi connectivity index (χ4n) is 2.18. The monoisotopic (exact) mass is 426 g/mol. The Morgan fingerprint density at radius 3 is 1.69 bits per heavy atom. The standard InChI is InChI=1S/C16H34O7SSi2/c1-25(2,3)11-7-9-22-15(17)13-14(24(19,20)21)16(18)23-10-8-12-26(4,5)6/h14H,7-13H2,1-6H3,(H,19,20,21). The van der Waals surface area contributed by atoms with Crippen LogP contribution in [-0.2, 0) is 29.2 Å². The number of carbonyl (C=O) groups excluding carboxylic acids is 2. The van der Waals surface area contributed by atoms with E-state index in [2.05, 4.69) is 39.3 Å². The van der Waals surface area contributed by atoms with E-state index in [-0.39, 0.29) is 13.2 Å². The lowest BCUT2D eigenvalue weighted by Crippen LogP contribution is -2.35. The number of carbonyl (C=O) groups is 2. The zero-order chi connectivity index (χ0) is 20.6. The number of rotatable bonds is 12. The molecule has 1 N–H and O–H groups in total. The Kier molecular flexibility index (Phi) is 10.3. The molecule has 0 aromatic heterocycles. The van der Waals surface area contributed by atoms with Crippen molar-refractivity contribution >= 4 is 38.2 Å². The van der Waals surface area contributed by atoms with Crippen molar-refractivity contribution < 1.29 is 32.0 Å². The van der Waals surface area contributed by atoms with E-state index >= 15 is 0 Å². The summed E-state index contributed by atoms with van der Waals surface area (Å²) in [4.78, 5) is 23.8. The van der Waals surface area contributed by atoms with E-state index in [1.165, 1.54) is 0 Å². The Morgan fingerprint density at radius 1 is 0.885 bits per heavy atom. The molecule has 154 valence electrons. The van der Waals surface area contributed by atoms with E-state index in [0.29, 0.717) is 12.8 Å². The lowest BCUT2D eigenvalue weighted by molar-refractivity contribution is -0.150. The van der Waals surface area contributed by atoms with Crippen molar-refractivity contribution in [3.63, 3.8) is 0 Å². The Bertz CT molecular complexity index is 562. The molecule has 0 fully saturated rings. The fourth-order valence-corrected chi connectivity index (χ4v) is 5.25. The molecule has 0 saturated carbocycles. The first kappa shape index (κ1) is 25.3. The summed E-state index contributed by atoms with van der Waals surface area (Å²) in [6, 6.07) is 1.90. The Morgan fingerprint density at radius 2 is 1.31 bits per heavy atom. The smallest absolute Gasteiger partial charge is 0.327 e. The van der Waals surface area contributed by atoms with Crippen LogP contribution in [0.4, 0.5) is 0 Å². The van der Waals surface area contributed by atoms with Crippen LogP contribution in [0.5, 0.6) is 0 Å². The van der Waals surface area contributed by atoms with Gasteiger partial charge < -0.3 is 9.47 Å². The van der Waals surface area contributed by atoms with Crippen molar-refractivity contribution in [2.75, 3.05) is 13.2 Å². The van der Waals surface area contributed by atoms with Crippen molar-refractivity contribution in [1.82, 2.24) is 0 Å². The maximum absolute atomic E-state index is 12.0. The molecule has 0 aliphatic heterocycles. The van der Waals surface area contributed by atoms with Crippen molar-refractivity contribution in [3.8, 4) is 0 Å². The number of hydrogen-bond acceptors (Lipinski definition) is 6. The lowest BCUT2D eigenvalue weighted by atomic mass is 10.3. The number of hydrogen-bond donors (Lipinski definition) is 1. The van der Waals surface area contributed by atoms with Gasteiger partial charge in [-0.25, -0.2) is 0 Å². The summed E-state index contributed by atoms with van der Waals surface area (Å²) in [6.45, 7) is 13.4. The molecule has 0 aliphatic carbocycles. The van der Waals surface area contributed by atoms with Crippen LogP contribution in [0.25, 0.3) is 0 Å². The van der Waals surface area contributed by atoms with E-state index in [1.807, 2.05) is 0 Å². The molecule has 0 amide bonds. The predicted octanol–water partition coefficient (Wildman–Crippen LogP) is 3.18. The minimum Gasteiger partial charge on any atom is -0.466 e. The van der Waals surface area contributed by atoms with Crippen LogP contribution in [0.15, 0.2) is 0 Å². The van der Waals surface area contributed by atoms with Gasteiger partial charge in [-0.15, -0.1) is 0 Å². The van der Waals surface area contributed by atoms with E-state index in [4.69, 9.17) is 9.47 Å². The summed E-state index contributed by atoms with van der Waals surface area (Å²) in [5.74, 6) is -1.94. The van der Waals surface area contributed by atoms with Crippen molar-refractivity contribution in [3.05, 3.63) is 0 Å². The molecule has 26 heavy (non-hydrogen) atoms. The average Bonchev–Trinajstić information content (AvgIpc) is 2.42. The van der Waals surface area contributed by atoms with E-state index in [0.717, 1.165) is 12.1 Å². The van der Waals surface area contributed by atoms with Gasteiger partial charge >= 0.3 is 11.9 Å². The zero-order valence-electron chi connectivity index (χ0n) is 16.8. The molecule has 10 heteroatoms. The van der Waals surface area contributed by atoms with Crippen LogP contribution in [0.2, 0.25) is 51.4 Å². The highest BCUT2D eigenvalue weighted by molar-refractivity contribution is 7.87. The highest BCUT2D eigenvalue weighted by Gasteiger charge is 2.35. The van der Waals surface area contributed by atoms with Gasteiger partial charge in [-0.05, 0) is 12.8 Å². The molecule has 1 atom stereocenters. The molecule has 1 unspecified atom stereocenters. The zero-order valence-corrected chi connectivity index (χ0v) is 19.6. The van der Waals surface area contributed by atoms with Crippen molar-refractivity contribution in [2.45, 2.75) is 75.9 Å². The van der Waals surface area contributed by atoms with Gasteiger partial charge in [0, 0.05) is 16.1 Å². The van der Waals surface area contributed by atoms with Gasteiger partial charge in [-0.2, -0.15) is 8.42 Å². The summed E-state index contributed by atoms with van der Waals surface area (Å²) >= 11 is 0. The molecule has 0 bridgehead atoms. The summed E-state index contributed by atoms with van der Waals surface area (Å²) < 4.78 is 42.0. The van der Waals surface area contributed by atoms with Gasteiger partial charge in [0.25, 0.3) is 10.1 Å². The number of esters is 2. The highest BCUT2D eigenvalue weighted by Crippen LogP contribution is 2.14. The minimum atomic E-state index is -4.74. The van der Waals surface area contributed by atoms with Crippen LogP contribution in [0, 0.1) is 0 Å². The largest absolute Gasteiger partial charge is 0.466 e. The average molecular weight is 427 g/mol. The molecule has 0 aromatic rings. The lowest BCUT2D eigenvalue weighted by Gasteiger charge is -2.17. The summed E-state index contributed by atoms with van der Waals surface area (Å²) in [5, 5.41) is -1.93. The Balaban J connectivity index is 4.48. The van der Waals surface area contributed by atoms with Crippen LogP contribution in [-0.4, -0.2) is 59.5 Å². The van der Waals surface area contributed by atoms with E-state index in [9.17, 15) is 22.6 Å². The van der Waals surface area contributed by atoms with Crippen molar-refractivity contribution in [1.29, 1.82) is 0 Å². The maximum atomic E-state index is 12.0. The third-order valence-corrected chi connectivity index (χ3v) is 8.41. The van der Waals surface area contributed by atoms with Gasteiger partial charge in [0.1, 0.15) is 0 Å². The van der Waals surface area contributed by atoms with Gasteiger partial charge in [0.15, 0.2) is 5.25 Å². The molecule has 0 radical (unpaired) electrons. The van der Waals surface area contributed by atoms with Crippen molar-refractivity contribution in [2.24, 2.45) is 0 Å². The first-order valence-electron chi connectivity index (χ1n) is 8.90. The molecule has 0 aromatic carbocycles. The van der Waals surface area contributed by atoms with Gasteiger partial charge in [0.05, 0.1) is 19.6 Å². The predicted molar refractivity (Wildman–Crippen MR) is 107 cm³/mol. The molecule has 0 aliphatic rings.